The molecule has 0 heterocycles. The van der Waals surface area contributed by atoms with Gasteiger partial charge in [0.1, 0.15) is 0 Å². The fraction of sp³-hybridized carbons (Fsp3) is 0. The predicted molar refractivity (Wildman–Crippen MR) is 107 cm³/mol. The maximum Gasteiger partial charge on any atom is 0.269 e. The van der Waals surface area contributed by atoms with Gasteiger partial charge >= 0.3 is 0 Å². The predicted octanol–water partition coefficient (Wildman–Crippen LogP) is 7.12. The van der Waals surface area contributed by atoms with Crippen molar-refractivity contribution < 1.29 is 4.92 Å². The molecule has 0 bridgehead atoms. The van der Waals surface area contributed by atoms with Crippen LogP contribution in [0.2, 0.25) is 15.1 Å². The van der Waals surface area contributed by atoms with Crippen LogP contribution in [-0.4, -0.2) is 4.92 Å². The molecule has 3 aromatic rings. The van der Waals surface area contributed by atoms with Crippen molar-refractivity contribution in [2.75, 3.05) is 0 Å². The topological polar surface area (TPSA) is 43.1 Å². The van der Waals surface area contributed by atoms with Crippen LogP contribution < -0.4 is 0 Å². The molecule has 1 aliphatic rings. The van der Waals surface area contributed by atoms with Crippen molar-refractivity contribution in [3.8, 4) is 11.1 Å². The fourth-order valence-corrected chi connectivity index (χ4v) is 3.94. The zero-order chi connectivity index (χ0) is 18.4. The lowest BCUT2D eigenvalue weighted by molar-refractivity contribution is -0.384. The maximum atomic E-state index is 10.8. The standard InChI is InChI=1S/C20H10Cl3NO2/c21-12-3-6-15-17(8-12)16(18-9-13(22)10-19(23)20(15)18)7-11-1-4-14(5-2-11)24(25)26/h1-10H/b16-7-. The number of benzene rings is 3. The van der Waals surface area contributed by atoms with Crippen LogP contribution in [0, 0.1) is 10.1 Å². The van der Waals surface area contributed by atoms with Crippen molar-refractivity contribution in [1.82, 2.24) is 0 Å². The quantitative estimate of drug-likeness (QED) is 0.264. The Bertz CT molecular complexity index is 1090. The van der Waals surface area contributed by atoms with E-state index in [2.05, 4.69) is 0 Å². The van der Waals surface area contributed by atoms with E-state index in [9.17, 15) is 10.1 Å². The van der Waals surface area contributed by atoms with E-state index in [1.807, 2.05) is 30.3 Å². The van der Waals surface area contributed by atoms with E-state index in [1.54, 1.807) is 18.2 Å². The lowest BCUT2D eigenvalue weighted by Gasteiger charge is -2.05. The van der Waals surface area contributed by atoms with E-state index in [0.717, 1.165) is 33.4 Å². The van der Waals surface area contributed by atoms with Crippen LogP contribution >= 0.6 is 34.8 Å². The number of nitrogens with zero attached hydrogens (tertiary/aromatic N) is 1. The number of rotatable bonds is 2. The minimum absolute atomic E-state index is 0.0495. The monoisotopic (exact) mass is 401 g/mol. The average molecular weight is 403 g/mol. The average Bonchev–Trinajstić information content (AvgIpc) is 2.89. The van der Waals surface area contributed by atoms with E-state index in [1.165, 1.54) is 12.1 Å². The van der Waals surface area contributed by atoms with Crippen molar-refractivity contribution >= 4 is 52.1 Å². The minimum Gasteiger partial charge on any atom is -0.258 e. The summed E-state index contributed by atoms with van der Waals surface area (Å²) in [5.41, 5.74) is 5.58. The molecule has 3 nitrogen and oxygen atoms in total. The van der Waals surface area contributed by atoms with Gasteiger partial charge in [0.25, 0.3) is 5.69 Å². The number of halogens is 3. The van der Waals surface area contributed by atoms with E-state index in [4.69, 9.17) is 34.8 Å². The highest BCUT2D eigenvalue weighted by molar-refractivity contribution is 6.38. The van der Waals surface area contributed by atoms with Gasteiger partial charge in [-0.1, -0.05) is 40.9 Å². The summed E-state index contributed by atoms with van der Waals surface area (Å²) in [5, 5.41) is 12.6. The molecule has 6 heteroatoms. The van der Waals surface area contributed by atoms with Crippen LogP contribution in [0.25, 0.3) is 22.8 Å². The number of nitro groups is 1. The first-order valence-corrected chi connectivity index (χ1v) is 8.83. The second kappa shape index (κ2) is 6.44. The Morgan fingerprint density at radius 3 is 2.19 bits per heavy atom. The normalized spacial score (nSPS) is 13.6. The van der Waals surface area contributed by atoms with Gasteiger partial charge in [0, 0.05) is 27.7 Å². The Hall–Kier alpha value is -2.33. The van der Waals surface area contributed by atoms with Crippen LogP contribution in [0.5, 0.6) is 0 Å². The van der Waals surface area contributed by atoms with Crippen LogP contribution in [0.15, 0.2) is 54.6 Å². The molecular formula is C20H10Cl3NO2. The summed E-state index contributed by atoms with van der Waals surface area (Å²) in [6, 6.07) is 15.6. The van der Waals surface area contributed by atoms with Crippen molar-refractivity contribution in [1.29, 1.82) is 0 Å². The second-order valence-corrected chi connectivity index (χ2v) is 7.19. The molecule has 0 N–H and O–H groups in total. The largest absolute Gasteiger partial charge is 0.269 e. The first-order chi connectivity index (χ1) is 12.4. The molecular weight excluding hydrogens is 393 g/mol. The molecule has 4 rings (SSSR count). The Kier molecular flexibility index (Phi) is 4.23. The molecule has 0 unspecified atom stereocenters. The molecule has 128 valence electrons. The second-order valence-electron chi connectivity index (χ2n) is 5.91. The van der Waals surface area contributed by atoms with Crippen molar-refractivity contribution in [3.05, 3.63) is 96.5 Å². The summed E-state index contributed by atoms with van der Waals surface area (Å²) in [6.07, 6.45) is 1.96. The Labute approximate surface area is 164 Å². The summed E-state index contributed by atoms with van der Waals surface area (Å²) in [5.74, 6) is 0. The molecule has 0 amide bonds. The lowest BCUT2D eigenvalue weighted by atomic mass is 10.0. The van der Waals surface area contributed by atoms with E-state index in [0.29, 0.717) is 15.1 Å². The van der Waals surface area contributed by atoms with Gasteiger partial charge in [0.15, 0.2) is 0 Å². The van der Waals surface area contributed by atoms with Crippen LogP contribution in [0.3, 0.4) is 0 Å². The number of nitro benzene ring substituents is 1. The van der Waals surface area contributed by atoms with Gasteiger partial charge in [-0.2, -0.15) is 0 Å². The first-order valence-electron chi connectivity index (χ1n) is 7.70. The highest BCUT2D eigenvalue weighted by Crippen LogP contribution is 2.49. The van der Waals surface area contributed by atoms with Gasteiger partial charge in [-0.15, -0.1) is 0 Å². The van der Waals surface area contributed by atoms with Gasteiger partial charge in [0.05, 0.1) is 9.95 Å². The van der Waals surface area contributed by atoms with Crippen molar-refractivity contribution in [2.45, 2.75) is 0 Å². The Morgan fingerprint density at radius 2 is 1.50 bits per heavy atom. The van der Waals surface area contributed by atoms with Gasteiger partial charge in [-0.3, -0.25) is 10.1 Å². The number of non-ortho nitro benzene ring substituents is 1. The molecule has 0 saturated heterocycles. The van der Waals surface area contributed by atoms with Crippen molar-refractivity contribution in [2.24, 2.45) is 0 Å². The highest BCUT2D eigenvalue weighted by atomic mass is 35.5. The molecule has 0 fully saturated rings. The number of hydrogen-bond donors (Lipinski definition) is 0. The summed E-state index contributed by atoms with van der Waals surface area (Å²) in [7, 11) is 0. The highest BCUT2D eigenvalue weighted by Gasteiger charge is 2.26. The summed E-state index contributed by atoms with van der Waals surface area (Å²) >= 11 is 18.9. The van der Waals surface area contributed by atoms with Crippen LogP contribution in [-0.2, 0) is 0 Å². The van der Waals surface area contributed by atoms with Gasteiger partial charge in [-0.25, -0.2) is 0 Å². The molecule has 0 atom stereocenters. The summed E-state index contributed by atoms with van der Waals surface area (Å²) in [6.45, 7) is 0. The Balaban J connectivity index is 1.94. The first kappa shape index (κ1) is 17.1. The number of fused-ring (bicyclic) bond motifs is 3. The van der Waals surface area contributed by atoms with E-state index < -0.39 is 4.92 Å². The smallest absolute Gasteiger partial charge is 0.258 e. The molecule has 0 aromatic heterocycles. The van der Waals surface area contributed by atoms with Gasteiger partial charge in [0.2, 0.25) is 0 Å². The molecule has 1 aliphatic carbocycles. The van der Waals surface area contributed by atoms with Gasteiger partial charge < -0.3 is 0 Å². The van der Waals surface area contributed by atoms with E-state index >= 15 is 0 Å². The fourth-order valence-electron chi connectivity index (χ4n) is 3.18. The lowest BCUT2D eigenvalue weighted by Crippen LogP contribution is -1.87. The molecule has 0 saturated carbocycles. The zero-order valence-corrected chi connectivity index (χ0v) is 15.4. The summed E-state index contributed by atoms with van der Waals surface area (Å²) < 4.78 is 0. The third-order valence-electron chi connectivity index (χ3n) is 4.30. The Morgan fingerprint density at radius 1 is 0.808 bits per heavy atom. The number of hydrogen-bond acceptors (Lipinski definition) is 2. The molecule has 0 spiro atoms. The molecule has 0 radical (unpaired) electrons. The third-order valence-corrected chi connectivity index (χ3v) is 5.05. The third kappa shape index (κ3) is 2.88. The SMILES string of the molecule is O=[N+]([O-])c1ccc(/C=C2/c3cc(Cl)ccc3-c3c(Cl)cc(Cl)cc32)cc1. The van der Waals surface area contributed by atoms with Gasteiger partial charge in [-0.05, 0) is 70.3 Å². The molecule has 26 heavy (non-hydrogen) atoms. The summed E-state index contributed by atoms with van der Waals surface area (Å²) in [4.78, 5) is 10.4. The van der Waals surface area contributed by atoms with E-state index in [-0.39, 0.29) is 5.69 Å². The van der Waals surface area contributed by atoms with Crippen LogP contribution in [0.4, 0.5) is 5.69 Å². The van der Waals surface area contributed by atoms with Crippen molar-refractivity contribution in [3.63, 3.8) is 0 Å². The maximum absolute atomic E-state index is 10.8. The minimum atomic E-state index is -0.420. The zero-order valence-electron chi connectivity index (χ0n) is 13.2. The molecule has 3 aromatic carbocycles. The van der Waals surface area contributed by atoms with Crippen LogP contribution in [0.1, 0.15) is 16.7 Å². The molecule has 0 aliphatic heterocycles.